The number of benzene rings is 1. The lowest BCUT2D eigenvalue weighted by molar-refractivity contribution is 0.0950. The molecule has 0 fully saturated rings. The zero-order chi connectivity index (χ0) is 19.0. The number of aryl methyl sites for hydroxylation is 2. The second-order valence-corrected chi connectivity index (χ2v) is 5.85. The van der Waals surface area contributed by atoms with Gasteiger partial charge in [-0.2, -0.15) is 19.7 Å². The normalized spacial score (nSPS) is 12.7. The van der Waals surface area contributed by atoms with Gasteiger partial charge in [-0.05, 0) is 31.2 Å². The molecule has 0 spiro atoms. The van der Waals surface area contributed by atoms with Crippen LogP contribution >= 0.6 is 0 Å². The summed E-state index contributed by atoms with van der Waals surface area (Å²) in [4.78, 5) is 12.2. The van der Waals surface area contributed by atoms with Crippen molar-refractivity contribution in [2.45, 2.75) is 6.92 Å². The lowest BCUT2D eigenvalue weighted by atomic mass is 10.1. The van der Waals surface area contributed by atoms with Gasteiger partial charge >= 0.3 is 0 Å². The van der Waals surface area contributed by atoms with Crippen molar-refractivity contribution >= 4 is 12.1 Å². The average molecular weight is 370 g/mol. The Morgan fingerprint density at radius 2 is 2.19 bits per heavy atom. The van der Waals surface area contributed by atoms with Gasteiger partial charge in [-0.3, -0.25) is 9.89 Å². The third-order valence-electron chi connectivity index (χ3n) is 4.05. The quantitative estimate of drug-likeness (QED) is 0.538. The van der Waals surface area contributed by atoms with Gasteiger partial charge in [0.2, 0.25) is 12.7 Å². The van der Waals surface area contributed by atoms with Crippen LogP contribution in [0.5, 0.6) is 11.5 Å². The minimum atomic E-state index is -0.530. The van der Waals surface area contributed by atoms with Crippen molar-refractivity contribution in [2.24, 2.45) is 12.1 Å². The highest BCUT2D eigenvalue weighted by atomic mass is 19.1. The summed E-state index contributed by atoms with van der Waals surface area (Å²) in [6, 6.07) is 6.96. The van der Waals surface area contributed by atoms with Crippen LogP contribution in [0.25, 0.3) is 11.3 Å². The van der Waals surface area contributed by atoms with Crippen LogP contribution in [0.15, 0.2) is 29.4 Å². The summed E-state index contributed by atoms with van der Waals surface area (Å²) >= 11 is 0. The molecule has 0 saturated heterocycles. The lowest BCUT2D eigenvalue weighted by Gasteiger charge is -1.99. The molecule has 27 heavy (non-hydrogen) atoms. The van der Waals surface area contributed by atoms with Crippen LogP contribution < -0.4 is 14.9 Å². The molecule has 0 aliphatic carbocycles. The van der Waals surface area contributed by atoms with Crippen molar-refractivity contribution < 1.29 is 18.7 Å². The Kier molecular flexibility index (Phi) is 4.07. The molecule has 0 atom stereocenters. The molecule has 2 N–H and O–H groups in total. The summed E-state index contributed by atoms with van der Waals surface area (Å²) in [6.07, 6.45) is 1.21. The van der Waals surface area contributed by atoms with Crippen molar-refractivity contribution in [2.75, 3.05) is 6.79 Å². The minimum absolute atomic E-state index is 0.183. The predicted molar refractivity (Wildman–Crippen MR) is 93.1 cm³/mol. The summed E-state index contributed by atoms with van der Waals surface area (Å²) in [5, 5.41) is 14.5. The van der Waals surface area contributed by atoms with Gasteiger partial charge < -0.3 is 9.47 Å². The number of halogens is 1. The summed E-state index contributed by atoms with van der Waals surface area (Å²) in [6.45, 7) is 1.83. The zero-order valence-corrected chi connectivity index (χ0v) is 14.5. The lowest BCUT2D eigenvalue weighted by Crippen LogP contribution is -2.18. The highest BCUT2D eigenvalue weighted by Crippen LogP contribution is 2.35. The fourth-order valence-corrected chi connectivity index (χ4v) is 2.65. The van der Waals surface area contributed by atoms with Gasteiger partial charge in [0.25, 0.3) is 5.91 Å². The second kappa shape index (κ2) is 6.56. The molecule has 4 rings (SSSR count). The fraction of sp³-hybridized carbons (Fsp3) is 0.176. The molecule has 9 nitrogen and oxygen atoms in total. The van der Waals surface area contributed by atoms with Gasteiger partial charge in [0.15, 0.2) is 11.5 Å². The third-order valence-corrected chi connectivity index (χ3v) is 4.05. The first-order valence-electron chi connectivity index (χ1n) is 8.01. The second-order valence-electron chi connectivity index (χ2n) is 5.85. The van der Waals surface area contributed by atoms with Gasteiger partial charge in [-0.1, -0.05) is 0 Å². The molecule has 3 heterocycles. The van der Waals surface area contributed by atoms with E-state index in [-0.39, 0.29) is 18.1 Å². The van der Waals surface area contributed by atoms with Crippen LogP contribution in [-0.2, 0) is 7.05 Å². The molecule has 0 radical (unpaired) electrons. The highest BCUT2D eigenvalue weighted by molar-refractivity contribution is 5.94. The predicted octanol–water partition coefficient (Wildman–Crippen LogP) is 1.75. The molecule has 10 heteroatoms. The van der Waals surface area contributed by atoms with Crippen molar-refractivity contribution in [1.29, 1.82) is 0 Å². The van der Waals surface area contributed by atoms with E-state index >= 15 is 0 Å². The molecule has 0 unspecified atom stereocenters. The number of fused-ring (bicyclic) bond motifs is 1. The number of rotatable bonds is 4. The number of hydrogen-bond donors (Lipinski definition) is 2. The van der Waals surface area contributed by atoms with Crippen LogP contribution in [0.3, 0.4) is 0 Å². The summed E-state index contributed by atoms with van der Waals surface area (Å²) in [5.41, 5.74) is 4.56. The molecule has 1 aliphatic rings. The summed E-state index contributed by atoms with van der Waals surface area (Å²) < 4.78 is 25.5. The number of aromatic nitrogens is 4. The maximum atomic E-state index is 13.8. The molecular formula is C17H15FN6O3. The summed E-state index contributed by atoms with van der Waals surface area (Å²) in [5.74, 6) is 0.254. The number of carbonyl (C=O) groups excluding carboxylic acids is 1. The molecule has 1 amide bonds. The van der Waals surface area contributed by atoms with Gasteiger partial charge in [-0.15, -0.1) is 0 Å². The Morgan fingerprint density at radius 3 is 2.96 bits per heavy atom. The topological polar surface area (TPSA) is 106 Å². The van der Waals surface area contributed by atoms with E-state index in [2.05, 4.69) is 25.8 Å². The maximum absolute atomic E-state index is 13.8. The third kappa shape index (κ3) is 3.12. The molecule has 3 aromatic rings. The molecule has 1 aromatic carbocycles. The minimum Gasteiger partial charge on any atom is -0.454 e. The van der Waals surface area contributed by atoms with E-state index in [0.717, 1.165) is 10.2 Å². The molecule has 0 bridgehead atoms. The van der Waals surface area contributed by atoms with Gasteiger partial charge in [0.05, 0.1) is 23.2 Å². The average Bonchev–Trinajstić information content (AvgIpc) is 3.36. The number of nitrogens with zero attached hydrogens (tertiary/aromatic N) is 4. The smallest absolute Gasteiger partial charge is 0.289 e. The van der Waals surface area contributed by atoms with Gasteiger partial charge in [-0.25, -0.2) is 10.1 Å². The Labute approximate surface area is 152 Å². The number of aromatic amines is 1. The molecule has 0 saturated carbocycles. The van der Waals surface area contributed by atoms with Crippen LogP contribution in [0, 0.1) is 12.9 Å². The van der Waals surface area contributed by atoms with Crippen LogP contribution in [0.4, 0.5) is 4.39 Å². The van der Waals surface area contributed by atoms with Crippen molar-refractivity contribution in [3.63, 3.8) is 0 Å². The number of hydrazone groups is 1. The molecular weight excluding hydrogens is 355 g/mol. The number of hydrogen-bond acceptors (Lipinski definition) is 6. The monoisotopic (exact) mass is 370 g/mol. The number of carbonyl (C=O) groups is 1. The van der Waals surface area contributed by atoms with Crippen molar-refractivity contribution in [1.82, 2.24) is 25.4 Å². The number of nitrogens with one attached hydrogen (secondary N) is 2. The first-order chi connectivity index (χ1) is 13.0. The van der Waals surface area contributed by atoms with E-state index in [4.69, 9.17) is 9.47 Å². The standard InChI is InChI=1S/C17H15FN6O3/c1-9-11(16(18)24(2)23-9)7-19-22-17(25)13-6-12(20-21-13)10-3-4-14-15(5-10)27-8-26-14/h3-7H,8H2,1-2H3,(H,20,21)(H,22,25)/b19-7+. The van der Waals surface area contributed by atoms with E-state index in [9.17, 15) is 9.18 Å². The Hall–Kier alpha value is -3.69. The van der Waals surface area contributed by atoms with Gasteiger partial charge in [0.1, 0.15) is 5.69 Å². The Bertz CT molecular complexity index is 1060. The molecule has 138 valence electrons. The Morgan fingerprint density at radius 1 is 1.37 bits per heavy atom. The van der Waals surface area contributed by atoms with Gasteiger partial charge in [0, 0.05) is 12.6 Å². The Balaban J connectivity index is 1.46. The van der Waals surface area contributed by atoms with Crippen LogP contribution in [0.1, 0.15) is 21.7 Å². The number of ether oxygens (including phenoxy) is 2. The van der Waals surface area contributed by atoms with Crippen molar-refractivity contribution in [3.8, 4) is 22.8 Å². The summed E-state index contributed by atoms with van der Waals surface area (Å²) in [7, 11) is 1.49. The van der Waals surface area contributed by atoms with E-state index in [1.54, 1.807) is 25.1 Å². The first kappa shape index (κ1) is 16.8. The SMILES string of the molecule is Cc1nn(C)c(F)c1/C=N/NC(=O)c1cc(-c2ccc3c(c2)OCO3)n[nH]1. The fourth-order valence-electron chi connectivity index (χ4n) is 2.65. The first-order valence-corrected chi connectivity index (χ1v) is 8.01. The zero-order valence-electron chi connectivity index (χ0n) is 14.5. The van der Waals surface area contributed by atoms with Crippen molar-refractivity contribution in [3.05, 3.63) is 47.2 Å². The van der Waals surface area contributed by atoms with E-state index in [1.807, 2.05) is 6.07 Å². The molecule has 1 aliphatic heterocycles. The van der Waals surface area contributed by atoms with E-state index in [1.165, 1.54) is 13.3 Å². The number of H-pyrrole nitrogens is 1. The van der Waals surface area contributed by atoms with Crippen LogP contribution in [0.2, 0.25) is 0 Å². The largest absolute Gasteiger partial charge is 0.454 e. The highest BCUT2D eigenvalue weighted by Gasteiger charge is 2.16. The van der Waals surface area contributed by atoms with Crippen LogP contribution in [-0.4, -0.2) is 38.9 Å². The molecule has 2 aromatic heterocycles. The number of amides is 1. The van der Waals surface area contributed by atoms with E-state index < -0.39 is 11.9 Å². The van der Waals surface area contributed by atoms with E-state index in [0.29, 0.717) is 22.9 Å². The maximum Gasteiger partial charge on any atom is 0.289 e.